The van der Waals surface area contributed by atoms with E-state index in [0.717, 1.165) is 33.7 Å². The molecule has 3 aromatic rings. The molecule has 1 fully saturated rings. The summed E-state index contributed by atoms with van der Waals surface area (Å²) in [5, 5.41) is 12.9. The van der Waals surface area contributed by atoms with Crippen LogP contribution in [0.15, 0.2) is 53.7 Å². The van der Waals surface area contributed by atoms with Crippen LogP contribution in [0.4, 0.5) is 13.2 Å². The Morgan fingerprint density at radius 3 is 2.53 bits per heavy atom. The number of pyridine rings is 1. The second-order valence-electron chi connectivity index (χ2n) is 10.6. The average molecular weight is 602 g/mol. The van der Waals surface area contributed by atoms with E-state index >= 15 is 0 Å². The second kappa shape index (κ2) is 13.5. The molecule has 3 N–H and O–H groups in total. The first-order chi connectivity index (χ1) is 20.5. The highest BCUT2D eigenvalue weighted by atomic mass is 19.4. The third-order valence-electron chi connectivity index (χ3n) is 7.90. The molecule has 0 saturated carbocycles. The number of ether oxygens (including phenoxy) is 1. The van der Waals surface area contributed by atoms with Gasteiger partial charge in [-0.3, -0.25) is 24.5 Å². The van der Waals surface area contributed by atoms with E-state index in [1.54, 1.807) is 19.3 Å². The first kappa shape index (κ1) is 31.8. The van der Waals surface area contributed by atoms with E-state index in [4.69, 9.17) is 4.74 Å². The minimum atomic E-state index is -4.24. The first-order valence-electron chi connectivity index (χ1n) is 14.0. The predicted octanol–water partition coefficient (Wildman–Crippen LogP) is 3.83. The van der Waals surface area contributed by atoms with Gasteiger partial charge < -0.3 is 19.8 Å². The summed E-state index contributed by atoms with van der Waals surface area (Å²) in [5.74, 6) is -0.0363. The van der Waals surface area contributed by atoms with Gasteiger partial charge in [0.2, 0.25) is 0 Å². The van der Waals surface area contributed by atoms with Gasteiger partial charge >= 0.3 is 6.18 Å². The number of nitrogens with one attached hydrogen (secondary N) is 3. The average Bonchev–Trinajstić information content (AvgIpc) is 3.65. The van der Waals surface area contributed by atoms with Gasteiger partial charge in [-0.15, -0.1) is 0 Å². The molecule has 0 aromatic carbocycles. The van der Waals surface area contributed by atoms with E-state index in [1.165, 1.54) is 12.0 Å². The number of methoxy groups -OCH3 is 1. The van der Waals surface area contributed by atoms with Gasteiger partial charge in [-0.05, 0) is 50.6 Å². The summed E-state index contributed by atoms with van der Waals surface area (Å²) in [6.45, 7) is 6.22. The lowest BCUT2D eigenvalue weighted by Crippen LogP contribution is -2.49. The number of piperazine rings is 1. The van der Waals surface area contributed by atoms with Gasteiger partial charge in [0.25, 0.3) is 5.91 Å². The number of halogens is 3. The molecule has 1 saturated heterocycles. The van der Waals surface area contributed by atoms with Crippen molar-refractivity contribution in [3.05, 3.63) is 70.5 Å². The van der Waals surface area contributed by atoms with Gasteiger partial charge in [0, 0.05) is 80.7 Å². The molecule has 1 amide bonds. The predicted molar refractivity (Wildman–Crippen MR) is 157 cm³/mol. The van der Waals surface area contributed by atoms with Crippen molar-refractivity contribution >= 4 is 17.7 Å². The van der Waals surface area contributed by atoms with Crippen molar-refractivity contribution in [2.24, 2.45) is 0 Å². The van der Waals surface area contributed by atoms with Crippen LogP contribution >= 0.6 is 0 Å². The van der Waals surface area contributed by atoms with Crippen molar-refractivity contribution in [1.82, 2.24) is 35.0 Å². The molecule has 43 heavy (non-hydrogen) atoms. The highest BCUT2D eigenvalue weighted by Crippen LogP contribution is 2.33. The van der Waals surface area contributed by atoms with Crippen molar-refractivity contribution in [3.8, 4) is 11.3 Å². The quantitative estimate of drug-likeness (QED) is 0.133. The van der Waals surface area contributed by atoms with E-state index in [9.17, 15) is 22.8 Å². The highest BCUT2D eigenvalue weighted by molar-refractivity contribution is 5.99. The molecule has 3 aromatic heterocycles. The number of allylic oxidation sites excluding steroid dienone is 2. The number of aromatic nitrogens is 3. The van der Waals surface area contributed by atoms with Crippen LogP contribution in [0.5, 0.6) is 0 Å². The number of nitrogens with zero attached hydrogens (tertiary/aromatic N) is 4. The molecule has 1 aliphatic rings. The number of aromatic amines is 1. The van der Waals surface area contributed by atoms with Crippen molar-refractivity contribution in [3.63, 3.8) is 0 Å². The Kier molecular flexibility index (Phi) is 9.97. The molecule has 4 heterocycles. The fourth-order valence-electron chi connectivity index (χ4n) is 5.49. The van der Waals surface area contributed by atoms with Crippen molar-refractivity contribution in [2.45, 2.75) is 33.0 Å². The summed E-state index contributed by atoms with van der Waals surface area (Å²) in [4.78, 5) is 29.2. The molecular weight excluding hydrogens is 563 g/mol. The van der Waals surface area contributed by atoms with Crippen LogP contribution in [0, 0.1) is 6.92 Å². The van der Waals surface area contributed by atoms with Gasteiger partial charge in [-0.2, -0.15) is 18.3 Å². The number of hydrogen-bond acceptors (Lipinski definition) is 7. The molecule has 1 atom stereocenters. The van der Waals surface area contributed by atoms with Gasteiger partial charge in [-0.25, -0.2) is 0 Å². The van der Waals surface area contributed by atoms with Crippen LogP contribution in [0.1, 0.15) is 41.5 Å². The van der Waals surface area contributed by atoms with Crippen LogP contribution in [-0.4, -0.2) is 96.2 Å². The van der Waals surface area contributed by atoms with Gasteiger partial charge in [0.15, 0.2) is 6.29 Å². The number of hydrogen-bond donors (Lipinski definition) is 3. The van der Waals surface area contributed by atoms with E-state index < -0.39 is 12.7 Å². The molecule has 1 aliphatic heterocycles. The number of fused-ring (bicyclic) bond motifs is 1. The maximum Gasteiger partial charge on any atom is 0.401 e. The van der Waals surface area contributed by atoms with Crippen LogP contribution in [0.2, 0.25) is 0 Å². The van der Waals surface area contributed by atoms with Gasteiger partial charge in [-0.1, -0.05) is 0 Å². The van der Waals surface area contributed by atoms with E-state index in [0.29, 0.717) is 43.8 Å². The zero-order chi connectivity index (χ0) is 31.3. The fraction of sp³-hybridized carbons (Fsp3) is 0.433. The summed E-state index contributed by atoms with van der Waals surface area (Å²) >= 11 is 0. The zero-order valence-electron chi connectivity index (χ0n) is 25.0. The van der Waals surface area contributed by atoms with Gasteiger partial charge in [0.1, 0.15) is 5.76 Å². The number of carbonyl (C=O) groups excluding carboxylic acids is 2. The number of H-pyrrole nitrogens is 1. The Labute approximate surface area is 248 Å². The Balaban J connectivity index is 1.70. The SMILES string of the molecule is CN/C(C)=C\C(OC)=C(/C=O)CNC(=O)c1cc2c(-c3ccn[nH]3)ccn2c(C(C)N2CCN(CC(F)(F)F)CC2)c1C. The number of carbonyl (C=O) groups is 2. The molecule has 232 valence electrons. The molecule has 13 heteroatoms. The molecule has 10 nitrogen and oxygen atoms in total. The normalized spacial score (nSPS) is 16.6. The minimum absolute atomic E-state index is 0.0515. The molecule has 0 bridgehead atoms. The van der Waals surface area contributed by atoms with Crippen LogP contribution in [0.3, 0.4) is 0 Å². The molecule has 1 unspecified atom stereocenters. The molecule has 4 rings (SSSR count). The first-order valence-corrected chi connectivity index (χ1v) is 14.0. The summed E-state index contributed by atoms with van der Waals surface area (Å²) in [5.41, 5.74) is 5.46. The van der Waals surface area contributed by atoms with E-state index in [-0.39, 0.29) is 24.1 Å². The van der Waals surface area contributed by atoms with Crippen molar-refractivity contribution in [2.75, 3.05) is 53.4 Å². The zero-order valence-corrected chi connectivity index (χ0v) is 25.0. The maximum absolute atomic E-state index is 13.7. The summed E-state index contributed by atoms with van der Waals surface area (Å²) < 4.78 is 46.3. The fourth-order valence-corrected chi connectivity index (χ4v) is 5.49. The smallest absolute Gasteiger partial charge is 0.401 e. The monoisotopic (exact) mass is 601 g/mol. The standard InChI is InChI=1S/C30H38F3N7O3/c1-19(34-4)14-27(43-5)22(17-41)16-35-29(42)24-15-26-23(25-6-8-36-37-25)7-9-40(26)28(20(24)2)21(3)39-12-10-38(11-13-39)18-30(31,32)33/h6-9,14-15,17,21,34H,10-13,16,18H2,1-5H3,(H,35,42)(H,36,37)/b19-14-,27-22+. The Bertz CT molecular complexity index is 1500. The minimum Gasteiger partial charge on any atom is -0.496 e. The topological polar surface area (TPSA) is 107 Å². The van der Waals surface area contributed by atoms with Crippen LogP contribution in [-0.2, 0) is 9.53 Å². The molecule has 0 aliphatic carbocycles. The van der Waals surface area contributed by atoms with Crippen molar-refractivity contribution < 1.29 is 27.5 Å². The summed E-state index contributed by atoms with van der Waals surface area (Å²) in [7, 11) is 3.21. The highest BCUT2D eigenvalue weighted by Gasteiger charge is 2.34. The van der Waals surface area contributed by atoms with Crippen LogP contribution in [0.25, 0.3) is 16.8 Å². The molecular formula is C30H38F3N7O3. The second-order valence-corrected chi connectivity index (χ2v) is 10.6. The van der Waals surface area contributed by atoms with Crippen molar-refractivity contribution in [1.29, 1.82) is 0 Å². The third kappa shape index (κ3) is 7.28. The Morgan fingerprint density at radius 1 is 1.23 bits per heavy atom. The van der Waals surface area contributed by atoms with E-state index in [1.807, 2.05) is 49.6 Å². The van der Waals surface area contributed by atoms with Gasteiger partial charge in [0.05, 0.1) is 30.4 Å². The molecule has 0 radical (unpaired) electrons. The largest absolute Gasteiger partial charge is 0.496 e. The summed E-state index contributed by atoms with van der Waals surface area (Å²) in [6.07, 6.45) is 1.68. The third-order valence-corrected chi connectivity index (χ3v) is 7.90. The number of amides is 1. The van der Waals surface area contributed by atoms with E-state index in [2.05, 4.69) is 25.7 Å². The number of aldehydes is 1. The maximum atomic E-state index is 13.7. The Morgan fingerprint density at radius 2 is 1.95 bits per heavy atom. The van der Waals surface area contributed by atoms with Crippen LogP contribution < -0.4 is 10.6 Å². The number of rotatable bonds is 11. The molecule has 0 spiro atoms. The lowest BCUT2D eigenvalue weighted by Gasteiger charge is -2.39. The summed E-state index contributed by atoms with van der Waals surface area (Å²) in [6, 6.07) is 5.39. The Hall–Kier alpha value is -4.10. The number of alkyl halides is 3. The lowest BCUT2D eigenvalue weighted by molar-refractivity contribution is -0.149. The lowest BCUT2D eigenvalue weighted by atomic mass is 9.99.